The molecule has 1 aromatic heterocycles. The molecule has 50 heavy (non-hydrogen) atoms. The number of amides is 1. The summed E-state index contributed by atoms with van der Waals surface area (Å²) < 4.78 is 77.8. The van der Waals surface area contributed by atoms with Crippen molar-refractivity contribution in [2.24, 2.45) is 0 Å². The molecule has 0 saturated carbocycles. The van der Waals surface area contributed by atoms with Gasteiger partial charge < -0.3 is 33.9 Å². The number of alkyl halides is 2. The summed E-state index contributed by atoms with van der Waals surface area (Å²) in [7, 11) is -4.50. The van der Waals surface area contributed by atoms with Crippen LogP contribution in [0.3, 0.4) is 0 Å². The standard InChI is InChI=1S/C32H37F2N4O11P/c1-18(2)46-28(41)19(3)37-50(43,49-21-9-7-6-8-10-21)45-16-24-26(39)32(33,34)29(47-24)38-14-13-25(36-30(38)42)35-27(40)20-11-12-22-23(15-20)48-31(4,5)17-44-22/h6-15,18-19,24,26,29,39H,16-17H2,1-5H3,(H,37,43)(H,35,36,40,42)/t19-,24-,26-,29?,50?/m1/s1. The molecule has 1 saturated heterocycles. The van der Waals surface area contributed by atoms with Gasteiger partial charge in [-0.25, -0.2) is 9.36 Å². The topological polar surface area (TPSA) is 186 Å². The zero-order chi connectivity index (χ0) is 36.4. The number of aliphatic hydroxyl groups excluding tert-OH is 1. The number of carbonyl (C=O) groups excluding carboxylic acids is 2. The van der Waals surface area contributed by atoms with Gasteiger partial charge in [0, 0.05) is 11.8 Å². The first-order chi connectivity index (χ1) is 23.5. The summed E-state index contributed by atoms with van der Waals surface area (Å²) in [6.07, 6.45) is -6.29. The zero-order valence-electron chi connectivity index (χ0n) is 27.7. The number of nitrogens with zero attached hydrogens (tertiary/aromatic N) is 2. The number of ether oxygens (including phenoxy) is 4. The second-order valence-electron chi connectivity index (χ2n) is 12.4. The van der Waals surface area contributed by atoms with Crippen LogP contribution < -0.4 is 30.1 Å². The molecule has 0 spiro atoms. The maximum Gasteiger partial charge on any atom is 0.459 e. The molecule has 0 radical (unpaired) electrons. The highest BCUT2D eigenvalue weighted by atomic mass is 31.2. The van der Waals surface area contributed by atoms with E-state index in [1.54, 1.807) is 38.1 Å². The van der Waals surface area contributed by atoms with E-state index in [2.05, 4.69) is 15.4 Å². The monoisotopic (exact) mass is 722 g/mol. The molecule has 2 aliphatic heterocycles. The van der Waals surface area contributed by atoms with Crippen molar-refractivity contribution in [2.75, 3.05) is 18.5 Å². The van der Waals surface area contributed by atoms with Gasteiger partial charge in [0.15, 0.2) is 17.6 Å². The summed E-state index contributed by atoms with van der Waals surface area (Å²) in [6.45, 7) is 7.60. The zero-order valence-corrected chi connectivity index (χ0v) is 28.6. The summed E-state index contributed by atoms with van der Waals surface area (Å²) in [5, 5.41) is 15.4. The molecule has 270 valence electrons. The average Bonchev–Trinajstić information content (AvgIpc) is 3.26. The highest BCUT2D eigenvalue weighted by Gasteiger charge is 2.60. The van der Waals surface area contributed by atoms with Gasteiger partial charge in [0.05, 0.1) is 12.7 Å². The number of aromatic nitrogens is 2. The number of anilines is 1. The quantitative estimate of drug-likeness (QED) is 0.180. The number of aliphatic hydroxyl groups is 1. The van der Waals surface area contributed by atoms with Crippen LogP contribution in [0.25, 0.3) is 0 Å². The number of hydrogen-bond acceptors (Lipinski definition) is 12. The third kappa shape index (κ3) is 8.47. The van der Waals surface area contributed by atoms with Gasteiger partial charge in [0.25, 0.3) is 5.91 Å². The molecule has 5 rings (SSSR count). The number of carbonyl (C=O) groups is 2. The molecule has 3 aromatic rings. The number of fused-ring (bicyclic) bond motifs is 1. The van der Waals surface area contributed by atoms with E-state index in [0.717, 1.165) is 12.3 Å². The number of halogens is 2. The van der Waals surface area contributed by atoms with Crippen molar-refractivity contribution >= 4 is 25.4 Å². The maximum atomic E-state index is 15.4. The van der Waals surface area contributed by atoms with Crippen molar-refractivity contribution in [1.29, 1.82) is 0 Å². The molecule has 2 unspecified atom stereocenters. The summed E-state index contributed by atoms with van der Waals surface area (Å²) in [4.78, 5) is 41.9. The molecule has 1 amide bonds. The molecule has 1 fully saturated rings. The lowest BCUT2D eigenvalue weighted by Crippen LogP contribution is -2.42. The van der Waals surface area contributed by atoms with Crippen molar-refractivity contribution in [2.45, 2.75) is 76.7 Å². The van der Waals surface area contributed by atoms with Gasteiger partial charge in [-0.05, 0) is 71.0 Å². The molecule has 0 bridgehead atoms. The molecule has 5 atom stereocenters. The predicted molar refractivity (Wildman–Crippen MR) is 172 cm³/mol. The Kier molecular flexibility index (Phi) is 10.6. The molecule has 15 nitrogen and oxygen atoms in total. The normalized spacial score (nSPS) is 22.3. The Bertz CT molecular complexity index is 1830. The third-order valence-corrected chi connectivity index (χ3v) is 8.95. The highest BCUT2D eigenvalue weighted by Crippen LogP contribution is 2.48. The van der Waals surface area contributed by atoms with Gasteiger partial charge in [-0.1, -0.05) is 18.2 Å². The summed E-state index contributed by atoms with van der Waals surface area (Å²) in [5.41, 5.74) is -1.70. The Morgan fingerprint density at radius 1 is 1.12 bits per heavy atom. The first-order valence-electron chi connectivity index (χ1n) is 15.5. The molecule has 3 N–H and O–H groups in total. The van der Waals surface area contributed by atoms with Crippen LogP contribution in [0.5, 0.6) is 17.2 Å². The molecule has 3 heterocycles. The second-order valence-corrected chi connectivity index (χ2v) is 14.1. The molecule has 2 aromatic carbocycles. The molecule has 0 aliphatic carbocycles. The van der Waals surface area contributed by atoms with E-state index in [1.165, 1.54) is 31.2 Å². The number of nitrogens with one attached hydrogen (secondary N) is 2. The molecular formula is C32H37F2N4O11P. The minimum atomic E-state index is -4.50. The largest absolute Gasteiger partial charge is 0.486 e. The fourth-order valence-electron chi connectivity index (χ4n) is 4.89. The van der Waals surface area contributed by atoms with Crippen LogP contribution in [0.15, 0.2) is 65.6 Å². The van der Waals surface area contributed by atoms with Gasteiger partial charge in [0.2, 0.25) is 6.23 Å². The van der Waals surface area contributed by atoms with Gasteiger partial charge in [-0.2, -0.15) is 18.9 Å². The van der Waals surface area contributed by atoms with Crippen molar-refractivity contribution in [3.63, 3.8) is 0 Å². The van der Waals surface area contributed by atoms with Crippen LogP contribution in [-0.2, 0) is 23.4 Å². The van der Waals surface area contributed by atoms with Gasteiger partial charge in [-0.3, -0.25) is 18.7 Å². The van der Waals surface area contributed by atoms with E-state index >= 15 is 8.78 Å². The number of benzene rings is 2. The number of hydrogen-bond donors (Lipinski definition) is 3. The lowest BCUT2D eigenvalue weighted by Gasteiger charge is -2.32. The van der Waals surface area contributed by atoms with Crippen LogP contribution >= 0.6 is 7.75 Å². The van der Waals surface area contributed by atoms with Crippen LogP contribution in [-0.4, -0.2) is 75.6 Å². The second kappa shape index (κ2) is 14.4. The number of rotatable bonds is 12. The van der Waals surface area contributed by atoms with Crippen LogP contribution in [0, 0.1) is 0 Å². The van der Waals surface area contributed by atoms with E-state index in [1.807, 2.05) is 13.8 Å². The van der Waals surface area contributed by atoms with Crippen molar-refractivity contribution in [3.05, 3.63) is 76.8 Å². The first-order valence-corrected chi connectivity index (χ1v) is 17.1. The summed E-state index contributed by atoms with van der Waals surface area (Å²) in [6, 6.07) is 12.1. The Morgan fingerprint density at radius 3 is 2.52 bits per heavy atom. The highest BCUT2D eigenvalue weighted by molar-refractivity contribution is 7.52. The van der Waals surface area contributed by atoms with E-state index in [9.17, 15) is 24.1 Å². The Hall–Kier alpha value is -4.41. The van der Waals surface area contributed by atoms with E-state index in [0.29, 0.717) is 22.7 Å². The lowest BCUT2D eigenvalue weighted by molar-refractivity contribution is -0.149. The third-order valence-electron chi connectivity index (χ3n) is 7.31. The fourth-order valence-corrected chi connectivity index (χ4v) is 6.39. The molecule has 2 aliphatic rings. The van der Waals surface area contributed by atoms with Crippen molar-refractivity contribution in [1.82, 2.24) is 14.6 Å². The summed E-state index contributed by atoms with van der Waals surface area (Å²) in [5.74, 6) is -4.90. The minimum Gasteiger partial charge on any atom is -0.486 e. The van der Waals surface area contributed by atoms with Crippen LogP contribution in [0.1, 0.15) is 51.2 Å². The van der Waals surface area contributed by atoms with Gasteiger partial charge in [0.1, 0.15) is 35.9 Å². The van der Waals surface area contributed by atoms with Gasteiger partial charge in [-0.15, -0.1) is 0 Å². The van der Waals surface area contributed by atoms with Crippen molar-refractivity contribution in [3.8, 4) is 17.2 Å². The maximum absolute atomic E-state index is 15.4. The average molecular weight is 723 g/mol. The first kappa shape index (κ1) is 36.9. The van der Waals surface area contributed by atoms with E-state index < -0.39 is 74.0 Å². The molecular weight excluding hydrogens is 685 g/mol. The predicted octanol–water partition coefficient (Wildman–Crippen LogP) is 4.07. The minimum absolute atomic E-state index is 0.0617. The Morgan fingerprint density at radius 2 is 1.84 bits per heavy atom. The van der Waals surface area contributed by atoms with Crippen LogP contribution in [0.4, 0.5) is 14.6 Å². The lowest BCUT2D eigenvalue weighted by atomic mass is 10.1. The fraction of sp³-hybridized carbons (Fsp3) is 0.438. The Labute approximate surface area is 285 Å². The van der Waals surface area contributed by atoms with Crippen molar-refractivity contribution < 1.29 is 56.0 Å². The van der Waals surface area contributed by atoms with E-state index in [-0.39, 0.29) is 17.1 Å². The van der Waals surface area contributed by atoms with Gasteiger partial charge >= 0.3 is 25.3 Å². The SMILES string of the molecule is CC(C)OC(=O)[C@@H](C)NP(=O)(OC[C@H]1OC(n2ccc(NC(=O)c3ccc4c(c3)OC(C)(C)CO4)nc2=O)C(F)(F)[C@@H]1O)Oc1ccccc1. The van der Waals surface area contributed by atoms with Crippen LogP contribution in [0.2, 0.25) is 0 Å². The smallest absolute Gasteiger partial charge is 0.459 e. The summed E-state index contributed by atoms with van der Waals surface area (Å²) >= 11 is 0. The number of esters is 1. The van der Waals surface area contributed by atoms with E-state index in [4.69, 9.17) is 28.0 Å². The molecule has 18 heteroatoms. The Balaban J connectivity index is 1.28. The number of para-hydroxylation sites is 1.